The molecule has 0 fully saturated rings. The molecule has 0 unspecified atom stereocenters. The Morgan fingerprint density at radius 1 is 1.08 bits per heavy atom. The molecule has 2 rings (SSSR count). The summed E-state index contributed by atoms with van der Waals surface area (Å²) in [6.45, 7) is 3.18. The van der Waals surface area contributed by atoms with E-state index in [0.29, 0.717) is 16.5 Å². The first kappa shape index (κ1) is 17.8. The normalized spacial score (nSPS) is 10.1. The fraction of sp³-hybridized carbons (Fsp3) is 0.222. The first-order chi connectivity index (χ1) is 11.4. The SMILES string of the molecule is Cc1ccc(C)c(OCC(=O)OCC(=O)Nc2cccc(Cl)c2)c1. The lowest BCUT2D eigenvalue weighted by Crippen LogP contribution is -2.23. The van der Waals surface area contributed by atoms with Gasteiger partial charge >= 0.3 is 5.97 Å². The van der Waals surface area contributed by atoms with Crippen molar-refractivity contribution in [2.45, 2.75) is 13.8 Å². The summed E-state index contributed by atoms with van der Waals surface area (Å²) in [5.74, 6) is -0.440. The molecule has 0 aliphatic carbocycles. The van der Waals surface area contributed by atoms with Crippen LogP contribution in [0.25, 0.3) is 0 Å². The van der Waals surface area contributed by atoms with Crippen molar-refractivity contribution in [1.82, 2.24) is 0 Å². The molecule has 0 saturated carbocycles. The Bertz CT molecular complexity index is 746. The van der Waals surface area contributed by atoms with Gasteiger partial charge in [0.05, 0.1) is 0 Å². The summed E-state index contributed by atoms with van der Waals surface area (Å²) in [6, 6.07) is 12.4. The fourth-order valence-electron chi connectivity index (χ4n) is 1.95. The van der Waals surface area contributed by atoms with Gasteiger partial charge in [0.1, 0.15) is 5.75 Å². The van der Waals surface area contributed by atoms with Gasteiger partial charge in [-0.3, -0.25) is 4.79 Å². The molecule has 126 valence electrons. The summed E-state index contributed by atoms with van der Waals surface area (Å²) >= 11 is 5.83. The van der Waals surface area contributed by atoms with Crippen molar-refractivity contribution < 1.29 is 19.1 Å². The first-order valence-corrected chi connectivity index (χ1v) is 7.73. The predicted molar refractivity (Wildman–Crippen MR) is 92.5 cm³/mol. The molecule has 2 aromatic rings. The summed E-state index contributed by atoms with van der Waals surface area (Å²) in [5, 5.41) is 3.09. The topological polar surface area (TPSA) is 64.6 Å². The number of amides is 1. The minimum Gasteiger partial charge on any atom is -0.482 e. The van der Waals surface area contributed by atoms with E-state index in [0.717, 1.165) is 11.1 Å². The number of rotatable bonds is 6. The summed E-state index contributed by atoms with van der Waals surface area (Å²) < 4.78 is 10.3. The molecule has 0 saturated heterocycles. The first-order valence-electron chi connectivity index (χ1n) is 7.35. The Morgan fingerprint density at radius 3 is 2.62 bits per heavy atom. The Balaban J connectivity index is 1.76. The van der Waals surface area contributed by atoms with Gasteiger partial charge in [0.2, 0.25) is 0 Å². The zero-order chi connectivity index (χ0) is 17.5. The van der Waals surface area contributed by atoms with Crippen LogP contribution in [0.5, 0.6) is 5.75 Å². The van der Waals surface area contributed by atoms with E-state index in [2.05, 4.69) is 5.32 Å². The molecule has 0 bridgehead atoms. The Hall–Kier alpha value is -2.53. The summed E-state index contributed by atoms with van der Waals surface area (Å²) in [7, 11) is 0. The van der Waals surface area contributed by atoms with Gasteiger partial charge in [-0.05, 0) is 49.2 Å². The van der Waals surface area contributed by atoms with Crippen molar-refractivity contribution >= 4 is 29.2 Å². The minimum atomic E-state index is -0.614. The highest BCUT2D eigenvalue weighted by Gasteiger charge is 2.10. The van der Waals surface area contributed by atoms with Crippen LogP contribution in [0.4, 0.5) is 5.69 Å². The van der Waals surface area contributed by atoms with Crippen molar-refractivity contribution in [2.24, 2.45) is 0 Å². The zero-order valence-corrected chi connectivity index (χ0v) is 14.2. The highest BCUT2D eigenvalue weighted by atomic mass is 35.5. The third kappa shape index (κ3) is 5.59. The van der Waals surface area contributed by atoms with E-state index >= 15 is 0 Å². The van der Waals surface area contributed by atoms with Gasteiger partial charge in [0.25, 0.3) is 5.91 Å². The van der Waals surface area contributed by atoms with Crippen LogP contribution in [0, 0.1) is 13.8 Å². The number of aryl methyl sites for hydroxylation is 2. The maximum absolute atomic E-state index is 11.7. The third-order valence-corrected chi connectivity index (χ3v) is 3.40. The van der Waals surface area contributed by atoms with Gasteiger partial charge < -0.3 is 14.8 Å². The van der Waals surface area contributed by atoms with Gasteiger partial charge in [-0.2, -0.15) is 0 Å². The number of hydrogen-bond donors (Lipinski definition) is 1. The molecule has 0 atom stereocenters. The molecule has 0 heterocycles. The van der Waals surface area contributed by atoms with E-state index in [4.69, 9.17) is 21.1 Å². The van der Waals surface area contributed by atoms with Crippen molar-refractivity contribution in [2.75, 3.05) is 18.5 Å². The minimum absolute atomic E-state index is 0.255. The Kier molecular flexibility index (Phi) is 6.21. The third-order valence-electron chi connectivity index (χ3n) is 3.16. The fourth-order valence-corrected chi connectivity index (χ4v) is 2.14. The number of anilines is 1. The van der Waals surface area contributed by atoms with Crippen LogP contribution in [0.15, 0.2) is 42.5 Å². The smallest absolute Gasteiger partial charge is 0.344 e. The molecule has 0 aliphatic heterocycles. The average molecular weight is 348 g/mol. The zero-order valence-electron chi connectivity index (χ0n) is 13.5. The lowest BCUT2D eigenvalue weighted by atomic mass is 10.1. The lowest BCUT2D eigenvalue weighted by molar-refractivity contribution is -0.149. The number of nitrogens with one attached hydrogen (secondary N) is 1. The highest BCUT2D eigenvalue weighted by molar-refractivity contribution is 6.30. The molecule has 2 aromatic carbocycles. The average Bonchev–Trinajstić information content (AvgIpc) is 2.54. The van der Waals surface area contributed by atoms with Gasteiger partial charge in [-0.15, -0.1) is 0 Å². The second kappa shape index (κ2) is 8.36. The molecule has 0 radical (unpaired) electrons. The number of benzene rings is 2. The van der Waals surface area contributed by atoms with Gasteiger partial charge in [0.15, 0.2) is 13.2 Å². The van der Waals surface area contributed by atoms with E-state index in [1.54, 1.807) is 24.3 Å². The largest absolute Gasteiger partial charge is 0.482 e. The molecule has 0 aliphatic rings. The number of halogens is 1. The maximum Gasteiger partial charge on any atom is 0.344 e. The quantitative estimate of drug-likeness (QED) is 0.812. The van der Waals surface area contributed by atoms with Crippen LogP contribution < -0.4 is 10.1 Å². The van der Waals surface area contributed by atoms with Crippen LogP contribution in [-0.4, -0.2) is 25.1 Å². The molecular weight excluding hydrogens is 330 g/mol. The van der Waals surface area contributed by atoms with Gasteiger partial charge in [-0.1, -0.05) is 29.8 Å². The molecule has 24 heavy (non-hydrogen) atoms. The predicted octanol–water partition coefficient (Wildman–Crippen LogP) is 3.52. The monoisotopic (exact) mass is 347 g/mol. The number of esters is 1. The Labute approximate surface area is 145 Å². The van der Waals surface area contributed by atoms with E-state index in [9.17, 15) is 9.59 Å². The van der Waals surface area contributed by atoms with E-state index in [1.807, 2.05) is 32.0 Å². The number of hydrogen-bond acceptors (Lipinski definition) is 4. The number of carbonyl (C=O) groups excluding carboxylic acids is 2. The molecule has 0 aromatic heterocycles. The molecule has 6 heteroatoms. The van der Waals surface area contributed by atoms with Crippen molar-refractivity contribution in [3.63, 3.8) is 0 Å². The van der Waals surface area contributed by atoms with Crippen molar-refractivity contribution in [3.05, 3.63) is 58.6 Å². The molecule has 1 N–H and O–H groups in total. The second-order valence-electron chi connectivity index (χ2n) is 5.28. The molecule has 1 amide bonds. The van der Waals surface area contributed by atoms with E-state index in [-0.39, 0.29) is 13.2 Å². The maximum atomic E-state index is 11.7. The van der Waals surface area contributed by atoms with Gasteiger partial charge in [-0.25, -0.2) is 4.79 Å². The van der Waals surface area contributed by atoms with Crippen LogP contribution in [0.2, 0.25) is 5.02 Å². The Morgan fingerprint density at radius 2 is 1.88 bits per heavy atom. The number of ether oxygens (including phenoxy) is 2. The van der Waals surface area contributed by atoms with Crippen LogP contribution in [-0.2, 0) is 14.3 Å². The lowest BCUT2D eigenvalue weighted by Gasteiger charge is -2.10. The standard InChI is InChI=1S/C18H18ClNO4/c1-12-6-7-13(2)16(8-12)23-11-18(22)24-10-17(21)20-15-5-3-4-14(19)9-15/h3-9H,10-11H2,1-2H3,(H,20,21). The molecular formula is C18H18ClNO4. The van der Waals surface area contributed by atoms with Crippen LogP contribution >= 0.6 is 11.6 Å². The van der Waals surface area contributed by atoms with E-state index < -0.39 is 11.9 Å². The van der Waals surface area contributed by atoms with Crippen LogP contribution in [0.3, 0.4) is 0 Å². The molecule has 5 nitrogen and oxygen atoms in total. The molecule has 0 spiro atoms. The number of carbonyl (C=O) groups is 2. The van der Waals surface area contributed by atoms with Crippen molar-refractivity contribution in [1.29, 1.82) is 0 Å². The second-order valence-corrected chi connectivity index (χ2v) is 5.71. The van der Waals surface area contributed by atoms with Crippen LogP contribution in [0.1, 0.15) is 11.1 Å². The summed E-state index contributed by atoms with van der Waals surface area (Å²) in [6.07, 6.45) is 0. The van der Waals surface area contributed by atoms with Gasteiger partial charge in [0, 0.05) is 10.7 Å². The summed E-state index contributed by atoms with van der Waals surface area (Å²) in [4.78, 5) is 23.4. The highest BCUT2D eigenvalue weighted by Crippen LogP contribution is 2.19. The van der Waals surface area contributed by atoms with E-state index in [1.165, 1.54) is 0 Å². The summed E-state index contributed by atoms with van der Waals surface area (Å²) in [5.41, 5.74) is 2.49. The van der Waals surface area contributed by atoms with Crippen molar-refractivity contribution in [3.8, 4) is 5.75 Å².